The Kier molecular flexibility index (Phi) is 2.71. The van der Waals surface area contributed by atoms with Crippen molar-refractivity contribution < 1.29 is 19.4 Å². The average molecular weight is 230 g/mol. The van der Waals surface area contributed by atoms with Crippen LogP contribution in [-0.2, 0) is 14.3 Å². The molecule has 0 amide bonds. The molecule has 0 aromatic carbocycles. The summed E-state index contributed by atoms with van der Waals surface area (Å²) in [5, 5.41) is 8.64. The average Bonchev–Trinajstić information content (AvgIpc) is 2.33. The summed E-state index contributed by atoms with van der Waals surface area (Å²) >= 11 is -0.741. The summed E-state index contributed by atoms with van der Waals surface area (Å²) < 4.78 is 4.94. The molecule has 0 saturated heterocycles. The number of carbonyl (C=O) groups is 2. The number of carboxylic acids is 1. The zero-order chi connectivity index (χ0) is 9.14. The fourth-order valence-electron chi connectivity index (χ4n) is 0.762. The summed E-state index contributed by atoms with van der Waals surface area (Å²) in [7, 11) is 0. The molecular formula is C7H7AsO4. The van der Waals surface area contributed by atoms with Crippen LogP contribution in [0.25, 0.3) is 0 Å². The van der Waals surface area contributed by atoms with E-state index in [2.05, 4.69) is 4.74 Å². The van der Waals surface area contributed by atoms with Crippen LogP contribution < -0.4 is 0 Å². The normalized spacial score (nSPS) is 17.1. The van der Waals surface area contributed by atoms with Crippen molar-refractivity contribution in [2.75, 3.05) is 0 Å². The zero-order valence-electron chi connectivity index (χ0n) is 6.33. The molecule has 1 heterocycles. The van der Waals surface area contributed by atoms with Gasteiger partial charge in [0, 0.05) is 0 Å². The maximum atomic E-state index is 10.5. The Morgan fingerprint density at radius 3 is 2.75 bits per heavy atom. The van der Waals surface area contributed by atoms with Gasteiger partial charge >= 0.3 is 75.1 Å². The van der Waals surface area contributed by atoms with Crippen LogP contribution >= 0.6 is 0 Å². The number of rotatable bonds is 2. The maximum absolute atomic E-state index is 10.5. The molecule has 1 unspecified atom stereocenters. The molecule has 12 heavy (non-hydrogen) atoms. The Morgan fingerprint density at radius 1 is 1.58 bits per heavy atom. The number of carbonyl (C=O) groups excluding carboxylic acids is 1. The fourth-order valence-corrected chi connectivity index (χ4v) is 2.44. The molecule has 5 heteroatoms. The first-order valence-corrected chi connectivity index (χ1v) is 5.46. The monoisotopic (exact) mass is 230 g/mol. The SMILES string of the molecule is CC(=O)OC1=C(C(=O)O)[AsH]C=C1. The Balaban J connectivity index is 2.82. The van der Waals surface area contributed by atoms with Crippen molar-refractivity contribution in [1.82, 2.24) is 0 Å². The topological polar surface area (TPSA) is 63.6 Å². The van der Waals surface area contributed by atoms with Gasteiger partial charge in [-0.15, -0.1) is 0 Å². The van der Waals surface area contributed by atoms with Crippen molar-refractivity contribution in [3.8, 4) is 0 Å². The Bertz CT molecular complexity index is 290. The van der Waals surface area contributed by atoms with Crippen LogP contribution in [0.3, 0.4) is 0 Å². The van der Waals surface area contributed by atoms with Gasteiger partial charge in [0.1, 0.15) is 0 Å². The number of hydrogen-bond acceptors (Lipinski definition) is 3. The molecule has 4 nitrogen and oxygen atoms in total. The number of hydrogen-bond donors (Lipinski definition) is 1. The first-order chi connectivity index (χ1) is 5.61. The van der Waals surface area contributed by atoms with Gasteiger partial charge in [0.15, 0.2) is 0 Å². The second-order valence-electron chi connectivity index (χ2n) is 2.12. The van der Waals surface area contributed by atoms with E-state index in [9.17, 15) is 9.59 Å². The predicted octanol–water partition coefficient (Wildman–Crippen LogP) is -0.191. The van der Waals surface area contributed by atoms with Gasteiger partial charge in [-0.3, -0.25) is 0 Å². The summed E-state index contributed by atoms with van der Waals surface area (Å²) in [6.07, 6.45) is 1.55. The molecule has 0 fully saturated rings. The van der Waals surface area contributed by atoms with Crippen LogP contribution in [0.2, 0.25) is 0 Å². The van der Waals surface area contributed by atoms with Crippen LogP contribution in [0, 0.1) is 0 Å². The molecule has 1 atom stereocenters. The predicted molar refractivity (Wildman–Crippen MR) is 42.7 cm³/mol. The fraction of sp³-hybridized carbons (Fsp3) is 0.143. The van der Waals surface area contributed by atoms with Gasteiger partial charge < -0.3 is 0 Å². The molecule has 0 aromatic heterocycles. The molecule has 64 valence electrons. The number of esters is 1. The van der Waals surface area contributed by atoms with Crippen LogP contribution in [0.15, 0.2) is 21.1 Å². The van der Waals surface area contributed by atoms with E-state index in [1.165, 1.54) is 6.92 Å². The second kappa shape index (κ2) is 3.59. The van der Waals surface area contributed by atoms with Gasteiger partial charge in [0.2, 0.25) is 0 Å². The van der Waals surface area contributed by atoms with Gasteiger partial charge in [-0.2, -0.15) is 0 Å². The third kappa shape index (κ3) is 1.98. The zero-order valence-corrected chi connectivity index (χ0v) is 8.42. The van der Waals surface area contributed by atoms with Crippen molar-refractivity contribution in [2.45, 2.75) is 6.92 Å². The van der Waals surface area contributed by atoms with Gasteiger partial charge in [0.25, 0.3) is 0 Å². The molecule has 1 aliphatic heterocycles. The summed E-state index contributed by atoms with van der Waals surface area (Å²) in [4.78, 5) is 22.8. The summed E-state index contributed by atoms with van der Waals surface area (Å²) in [6.45, 7) is 1.25. The van der Waals surface area contributed by atoms with Gasteiger partial charge in [-0.1, -0.05) is 0 Å². The molecular weight excluding hydrogens is 223 g/mol. The third-order valence-electron chi connectivity index (χ3n) is 1.18. The molecule has 0 spiro atoms. The number of aliphatic carboxylic acids is 1. The quantitative estimate of drug-likeness (QED) is 0.527. The van der Waals surface area contributed by atoms with E-state index in [1.807, 2.05) is 0 Å². The minimum atomic E-state index is -0.990. The van der Waals surface area contributed by atoms with E-state index < -0.39 is 27.7 Å². The van der Waals surface area contributed by atoms with E-state index in [4.69, 9.17) is 5.11 Å². The number of ether oxygens (including phenoxy) is 1. The molecule has 1 N–H and O–H groups in total. The van der Waals surface area contributed by atoms with Crippen LogP contribution in [0.1, 0.15) is 6.92 Å². The second-order valence-corrected chi connectivity index (χ2v) is 4.47. The summed E-state index contributed by atoms with van der Waals surface area (Å²) in [6, 6.07) is 0. The van der Waals surface area contributed by atoms with Crippen LogP contribution in [0.4, 0.5) is 0 Å². The van der Waals surface area contributed by atoms with Crippen molar-refractivity contribution in [1.29, 1.82) is 0 Å². The summed E-state index contributed by atoms with van der Waals surface area (Å²) in [5.41, 5.74) is 0. The van der Waals surface area contributed by atoms with Gasteiger partial charge in [-0.25, -0.2) is 0 Å². The molecule has 1 aliphatic rings. The van der Waals surface area contributed by atoms with E-state index in [0.717, 1.165) is 0 Å². The molecule has 0 radical (unpaired) electrons. The first kappa shape index (κ1) is 9.07. The Morgan fingerprint density at radius 2 is 2.25 bits per heavy atom. The third-order valence-corrected chi connectivity index (χ3v) is 3.45. The first-order valence-electron chi connectivity index (χ1n) is 3.20. The minimum absolute atomic E-state index is 0.204. The number of carboxylic acid groups (broad SMARTS) is 1. The van der Waals surface area contributed by atoms with Gasteiger partial charge in [0.05, 0.1) is 0 Å². The Labute approximate surface area is 75.6 Å². The molecule has 0 saturated carbocycles. The van der Waals surface area contributed by atoms with Crippen molar-refractivity contribution in [2.24, 2.45) is 0 Å². The van der Waals surface area contributed by atoms with Crippen LogP contribution in [-0.4, -0.2) is 32.8 Å². The molecule has 0 aliphatic carbocycles. The van der Waals surface area contributed by atoms with Crippen molar-refractivity contribution in [3.05, 3.63) is 21.1 Å². The molecule has 0 aromatic rings. The van der Waals surface area contributed by atoms with E-state index in [-0.39, 0.29) is 10.1 Å². The standard InChI is InChI=1S/C7H7AsO4/c1-4(9)12-5-2-3-8-6(5)7(10)11/h2-3,8H,1H3,(H,10,11). The Hall–Kier alpha value is -1.02. The van der Waals surface area contributed by atoms with Crippen molar-refractivity contribution in [3.63, 3.8) is 0 Å². The van der Waals surface area contributed by atoms with E-state index >= 15 is 0 Å². The number of allylic oxidation sites excluding steroid dienone is 1. The van der Waals surface area contributed by atoms with E-state index in [1.54, 1.807) is 10.9 Å². The van der Waals surface area contributed by atoms with E-state index in [0.29, 0.717) is 0 Å². The summed E-state index contributed by atoms with van der Waals surface area (Å²) in [5.74, 6) is -1.27. The van der Waals surface area contributed by atoms with Gasteiger partial charge in [-0.05, 0) is 0 Å². The molecule has 0 bridgehead atoms. The molecule has 1 rings (SSSR count). The van der Waals surface area contributed by atoms with Crippen molar-refractivity contribution >= 4 is 27.7 Å². The van der Waals surface area contributed by atoms with Crippen LogP contribution in [0.5, 0.6) is 0 Å².